The molecule has 1 saturated heterocycles. The minimum Gasteiger partial charge on any atom is -0.382 e. The number of hydrogen-bond donors (Lipinski definition) is 1. The molecular weight excluding hydrogens is 355 g/mol. The van der Waals surface area contributed by atoms with Crippen molar-refractivity contribution in [3.63, 3.8) is 0 Å². The second kappa shape index (κ2) is 6.58. The van der Waals surface area contributed by atoms with Crippen molar-refractivity contribution in [2.75, 3.05) is 11.4 Å². The summed E-state index contributed by atoms with van der Waals surface area (Å²) < 4.78 is 50.9. The maximum Gasteiger partial charge on any atom is 0.166 e. The summed E-state index contributed by atoms with van der Waals surface area (Å²) in [5, 5.41) is 7.31. The van der Waals surface area contributed by atoms with Crippen LogP contribution in [0, 0.1) is 5.82 Å². The third kappa shape index (κ3) is 2.82. The smallest absolute Gasteiger partial charge is 0.166 e. The highest BCUT2D eigenvalue weighted by molar-refractivity contribution is 5.74. The van der Waals surface area contributed by atoms with E-state index in [1.807, 2.05) is 11.0 Å². The molecule has 5 heterocycles. The Bertz CT molecular complexity index is 1230. The van der Waals surface area contributed by atoms with Crippen molar-refractivity contribution in [1.82, 2.24) is 24.9 Å². The molecule has 0 unspecified atom stereocenters. The summed E-state index contributed by atoms with van der Waals surface area (Å²) in [7, 11) is 0. The summed E-state index contributed by atoms with van der Waals surface area (Å²) in [6.07, 6.45) is 0.887. The molecule has 7 heteroatoms. The van der Waals surface area contributed by atoms with Crippen LogP contribution in [0.4, 0.5) is 10.2 Å². The SMILES string of the molecule is [2H]C1([2H])c2ncc(F)cc2[C@@H]2CCCN2c2ccn3ncc(c3n2)C(=C)N[C@H](C)C1([2H])[2H]. The van der Waals surface area contributed by atoms with Crippen molar-refractivity contribution in [2.45, 2.75) is 44.6 Å². The number of anilines is 1. The highest BCUT2D eigenvalue weighted by Crippen LogP contribution is 2.37. The van der Waals surface area contributed by atoms with Crippen molar-refractivity contribution in [3.05, 3.63) is 59.9 Å². The van der Waals surface area contributed by atoms with Crippen LogP contribution in [0.3, 0.4) is 0 Å². The molecule has 144 valence electrons. The molecule has 2 aliphatic rings. The Labute approximate surface area is 168 Å². The topological polar surface area (TPSA) is 58.4 Å². The molecule has 5 rings (SSSR count). The number of rotatable bonds is 0. The summed E-state index contributed by atoms with van der Waals surface area (Å²) in [6, 6.07) is 1.73. The lowest BCUT2D eigenvalue weighted by atomic mass is 9.98. The fraction of sp³-hybridized carbons (Fsp3) is 0.381. The highest BCUT2D eigenvalue weighted by atomic mass is 19.1. The molecule has 2 bridgehead atoms. The second-order valence-electron chi connectivity index (χ2n) is 7.17. The number of hydrogen-bond acceptors (Lipinski definition) is 5. The van der Waals surface area contributed by atoms with Crippen molar-refractivity contribution >= 4 is 17.2 Å². The van der Waals surface area contributed by atoms with E-state index >= 15 is 0 Å². The first-order chi connectivity index (χ1) is 15.1. The van der Waals surface area contributed by atoms with Gasteiger partial charge >= 0.3 is 0 Å². The third-order valence-corrected chi connectivity index (χ3v) is 5.27. The van der Waals surface area contributed by atoms with E-state index in [0.29, 0.717) is 41.3 Å². The van der Waals surface area contributed by atoms with Crippen molar-refractivity contribution in [3.8, 4) is 0 Å². The van der Waals surface area contributed by atoms with Gasteiger partial charge < -0.3 is 10.2 Å². The van der Waals surface area contributed by atoms with Gasteiger partial charge in [0.05, 0.1) is 24.0 Å². The van der Waals surface area contributed by atoms with Crippen molar-refractivity contribution in [2.24, 2.45) is 0 Å². The molecule has 6 nitrogen and oxygen atoms in total. The molecule has 0 amide bonds. The molecule has 0 saturated carbocycles. The summed E-state index contributed by atoms with van der Waals surface area (Å²) >= 11 is 0. The van der Waals surface area contributed by atoms with Gasteiger partial charge in [0.25, 0.3) is 0 Å². The van der Waals surface area contributed by atoms with Crippen LogP contribution in [-0.2, 0) is 6.37 Å². The van der Waals surface area contributed by atoms with E-state index in [9.17, 15) is 4.39 Å². The molecule has 2 aliphatic heterocycles. The molecule has 2 atom stereocenters. The minimum absolute atomic E-state index is 0.0941. The maximum atomic E-state index is 14.3. The van der Waals surface area contributed by atoms with Crippen LogP contribution in [0.5, 0.6) is 0 Å². The monoisotopic (exact) mass is 382 g/mol. The van der Waals surface area contributed by atoms with E-state index in [4.69, 9.17) is 10.5 Å². The standard InChI is InChI=1S/C21H23FN6/c1-13-5-6-18-16(10-15(22)11-23-18)19-4-3-8-27(19)20-7-9-28-21(26-20)17(12-24-28)14(2)25-13/h7,9-13,19,25H,2-6,8H2,1H3/t13-,19+/m1/s1/i5D2,6D2. The Kier molecular flexibility index (Phi) is 3.12. The summed E-state index contributed by atoms with van der Waals surface area (Å²) in [4.78, 5) is 10.9. The maximum absolute atomic E-state index is 14.3. The normalized spacial score (nSPS) is 27.9. The number of pyridine rings is 1. The molecule has 1 fully saturated rings. The number of aryl methyl sites for hydroxylation is 1. The molecular formula is C21H23FN6. The molecule has 3 aromatic heterocycles. The van der Waals surface area contributed by atoms with Gasteiger partial charge in [-0.1, -0.05) is 6.58 Å². The minimum atomic E-state index is -2.51. The van der Waals surface area contributed by atoms with Gasteiger partial charge in [-0.2, -0.15) is 5.10 Å². The fourth-order valence-electron chi connectivity index (χ4n) is 3.96. The molecule has 0 aromatic carbocycles. The Hall–Kier alpha value is -2.96. The lowest BCUT2D eigenvalue weighted by molar-refractivity contribution is 0.575. The second-order valence-corrected chi connectivity index (χ2v) is 7.17. The van der Waals surface area contributed by atoms with Gasteiger partial charge in [-0.3, -0.25) is 4.98 Å². The summed E-state index contributed by atoms with van der Waals surface area (Å²) in [5.41, 5.74) is 1.80. The zero-order valence-corrected chi connectivity index (χ0v) is 15.5. The zero-order valence-electron chi connectivity index (χ0n) is 19.5. The van der Waals surface area contributed by atoms with Gasteiger partial charge in [0, 0.05) is 35.7 Å². The largest absolute Gasteiger partial charge is 0.382 e. The summed E-state index contributed by atoms with van der Waals surface area (Å²) in [5.74, 6) is 0.0675. The average molecular weight is 382 g/mol. The van der Waals surface area contributed by atoms with E-state index < -0.39 is 24.6 Å². The van der Waals surface area contributed by atoms with E-state index in [-0.39, 0.29) is 11.7 Å². The van der Waals surface area contributed by atoms with Gasteiger partial charge in [0.2, 0.25) is 0 Å². The van der Waals surface area contributed by atoms with Crippen molar-refractivity contribution in [1.29, 1.82) is 0 Å². The Morgan fingerprint density at radius 2 is 2.29 bits per heavy atom. The predicted octanol–water partition coefficient (Wildman–Crippen LogP) is 3.50. The number of aromatic nitrogens is 4. The van der Waals surface area contributed by atoms with Gasteiger partial charge in [0.1, 0.15) is 11.6 Å². The van der Waals surface area contributed by atoms with Crippen LogP contribution in [-0.4, -0.2) is 32.2 Å². The average Bonchev–Trinajstić information content (AvgIpc) is 3.39. The van der Waals surface area contributed by atoms with E-state index in [1.54, 1.807) is 23.8 Å². The van der Waals surface area contributed by atoms with Gasteiger partial charge in [-0.05, 0) is 50.2 Å². The Balaban J connectivity index is 1.79. The third-order valence-electron chi connectivity index (χ3n) is 5.27. The van der Waals surface area contributed by atoms with Gasteiger partial charge in [-0.15, -0.1) is 0 Å². The van der Waals surface area contributed by atoms with E-state index in [1.165, 1.54) is 6.07 Å². The van der Waals surface area contributed by atoms with E-state index in [2.05, 4.69) is 22.0 Å². The molecule has 3 aromatic rings. The number of fused-ring (bicyclic) bond motifs is 5. The van der Waals surface area contributed by atoms with Crippen LogP contribution in [0.1, 0.15) is 54.5 Å². The Morgan fingerprint density at radius 1 is 1.39 bits per heavy atom. The zero-order chi connectivity index (χ0) is 22.8. The summed E-state index contributed by atoms with van der Waals surface area (Å²) in [6.45, 7) is 6.24. The lowest BCUT2D eigenvalue weighted by Gasteiger charge is -2.27. The van der Waals surface area contributed by atoms with Crippen LogP contribution < -0.4 is 10.2 Å². The molecule has 1 N–H and O–H groups in total. The van der Waals surface area contributed by atoms with Crippen LogP contribution in [0.15, 0.2) is 37.3 Å². The van der Waals surface area contributed by atoms with Crippen LogP contribution in [0.2, 0.25) is 0 Å². The van der Waals surface area contributed by atoms with E-state index in [0.717, 1.165) is 12.6 Å². The van der Waals surface area contributed by atoms with Gasteiger partial charge in [0.15, 0.2) is 5.65 Å². The number of nitrogens with one attached hydrogen (secondary N) is 1. The fourth-order valence-corrected chi connectivity index (χ4v) is 3.96. The predicted molar refractivity (Wildman–Crippen MR) is 106 cm³/mol. The molecule has 0 spiro atoms. The van der Waals surface area contributed by atoms with Crippen LogP contribution in [0.25, 0.3) is 11.3 Å². The number of halogens is 1. The quantitative estimate of drug-likeness (QED) is 0.645. The van der Waals surface area contributed by atoms with Crippen molar-refractivity contribution < 1.29 is 9.87 Å². The lowest BCUT2D eigenvalue weighted by Crippen LogP contribution is -2.26. The first kappa shape index (κ1) is 13.3. The molecule has 28 heavy (non-hydrogen) atoms. The first-order valence-electron chi connectivity index (χ1n) is 11.3. The van der Waals surface area contributed by atoms with Gasteiger partial charge in [-0.25, -0.2) is 13.9 Å². The molecule has 0 aliphatic carbocycles. The Morgan fingerprint density at radius 3 is 3.18 bits per heavy atom. The van der Waals surface area contributed by atoms with Crippen LogP contribution >= 0.6 is 0 Å². The highest BCUT2D eigenvalue weighted by Gasteiger charge is 2.30. The number of nitrogens with zero attached hydrogens (tertiary/aromatic N) is 5. The first-order valence-corrected chi connectivity index (χ1v) is 9.34. The molecule has 0 radical (unpaired) electrons.